The highest BCUT2D eigenvalue weighted by molar-refractivity contribution is 5.85. The number of ether oxygens (including phenoxy) is 2. The number of hydrogen-bond acceptors (Lipinski definition) is 5. The summed E-state index contributed by atoms with van der Waals surface area (Å²) >= 11 is 0. The second kappa shape index (κ2) is 5.13. The third-order valence-corrected chi connectivity index (χ3v) is 3.48. The number of morpholine rings is 1. The van der Waals surface area contributed by atoms with Gasteiger partial charge in [0.2, 0.25) is 0 Å². The van der Waals surface area contributed by atoms with Crippen molar-refractivity contribution < 1.29 is 9.47 Å². The predicted molar refractivity (Wildman–Crippen MR) is 76.7 cm³/mol. The predicted octanol–water partition coefficient (Wildman–Crippen LogP) is 1.08. The van der Waals surface area contributed by atoms with Crippen molar-refractivity contribution in [2.75, 3.05) is 38.3 Å². The van der Waals surface area contributed by atoms with Gasteiger partial charge in [0.05, 0.1) is 36.9 Å². The van der Waals surface area contributed by atoms with Crippen molar-refractivity contribution in [3.8, 4) is 5.75 Å². The minimum Gasteiger partial charge on any atom is -0.495 e. The summed E-state index contributed by atoms with van der Waals surface area (Å²) < 4.78 is 10.8. The lowest BCUT2D eigenvalue weighted by molar-refractivity contribution is 0.122. The normalized spacial score (nSPS) is 15.6. The number of anilines is 1. The number of aryl methyl sites for hydroxylation is 1. The average molecular weight is 275 g/mol. The van der Waals surface area contributed by atoms with E-state index in [1.165, 1.54) is 0 Å². The van der Waals surface area contributed by atoms with Crippen LogP contribution in [-0.2, 0) is 4.74 Å². The van der Waals surface area contributed by atoms with Crippen LogP contribution in [0.1, 0.15) is 5.82 Å². The number of aromatic amines is 1. The van der Waals surface area contributed by atoms with Crippen molar-refractivity contribution >= 4 is 16.6 Å². The molecule has 6 heteroatoms. The molecule has 1 aliphatic rings. The van der Waals surface area contributed by atoms with Crippen LogP contribution in [0.5, 0.6) is 5.75 Å². The first-order valence-corrected chi connectivity index (χ1v) is 6.60. The minimum absolute atomic E-state index is 0.121. The largest absolute Gasteiger partial charge is 0.495 e. The minimum atomic E-state index is -0.121. The molecule has 2 heterocycles. The van der Waals surface area contributed by atoms with Crippen molar-refractivity contribution in [2.45, 2.75) is 6.92 Å². The molecule has 1 aliphatic heterocycles. The molecule has 0 saturated carbocycles. The van der Waals surface area contributed by atoms with Crippen molar-refractivity contribution in [3.05, 3.63) is 28.3 Å². The Balaban J connectivity index is 2.17. The molecule has 1 aromatic heterocycles. The highest BCUT2D eigenvalue weighted by Crippen LogP contribution is 2.31. The molecule has 0 spiro atoms. The smallest absolute Gasteiger partial charge is 0.258 e. The van der Waals surface area contributed by atoms with Crippen LogP contribution in [0.2, 0.25) is 0 Å². The SMILES string of the molecule is COc1cc2nc(C)[nH]c(=O)c2cc1N1CCOCC1. The number of methoxy groups -OCH3 is 1. The number of nitrogens with zero attached hydrogens (tertiary/aromatic N) is 2. The standard InChI is InChI=1S/C14H17N3O3/c1-9-15-11-8-13(19-2)12(7-10(11)14(18)16-9)17-3-5-20-6-4-17/h7-8H,3-6H2,1-2H3,(H,15,16,18). The van der Waals surface area contributed by atoms with E-state index in [9.17, 15) is 4.79 Å². The van der Waals surface area contributed by atoms with Crippen LogP contribution in [0, 0.1) is 6.92 Å². The van der Waals surface area contributed by atoms with Crippen LogP contribution in [0.15, 0.2) is 16.9 Å². The number of H-pyrrole nitrogens is 1. The van der Waals surface area contributed by atoms with Gasteiger partial charge < -0.3 is 19.4 Å². The van der Waals surface area contributed by atoms with Crippen LogP contribution < -0.4 is 15.2 Å². The summed E-state index contributed by atoms with van der Waals surface area (Å²) in [7, 11) is 1.63. The maximum Gasteiger partial charge on any atom is 0.258 e. The van der Waals surface area contributed by atoms with Gasteiger partial charge >= 0.3 is 0 Å². The van der Waals surface area contributed by atoms with E-state index < -0.39 is 0 Å². The zero-order valence-corrected chi connectivity index (χ0v) is 11.6. The zero-order chi connectivity index (χ0) is 14.1. The number of nitrogens with one attached hydrogen (secondary N) is 1. The Bertz CT molecular complexity index is 690. The van der Waals surface area contributed by atoms with Crippen LogP contribution in [0.4, 0.5) is 5.69 Å². The van der Waals surface area contributed by atoms with Crippen LogP contribution in [0.25, 0.3) is 10.9 Å². The molecule has 106 valence electrons. The third-order valence-electron chi connectivity index (χ3n) is 3.48. The van der Waals surface area contributed by atoms with Crippen molar-refractivity contribution in [1.82, 2.24) is 9.97 Å². The Morgan fingerprint density at radius 2 is 2.10 bits per heavy atom. The van der Waals surface area contributed by atoms with Gasteiger partial charge in [-0.05, 0) is 13.0 Å². The molecule has 0 radical (unpaired) electrons. The monoisotopic (exact) mass is 275 g/mol. The first-order valence-electron chi connectivity index (χ1n) is 6.60. The van der Waals surface area contributed by atoms with Crippen molar-refractivity contribution in [3.63, 3.8) is 0 Å². The second-order valence-electron chi connectivity index (χ2n) is 4.79. The molecule has 0 unspecified atom stereocenters. The fraction of sp³-hybridized carbons (Fsp3) is 0.429. The molecule has 6 nitrogen and oxygen atoms in total. The molecule has 20 heavy (non-hydrogen) atoms. The van der Waals surface area contributed by atoms with E-state index in [0.29, 0.717) is 29.9 Å². The van der Waals surface area contributed by atoms with Gasteiger partial charge in [-0.3, -0.25) is 4.79 Å². The Kier molecular flexibility index (Phi) is 3.31. The lowest BCUT2D eigenvalue weighted by Gasteiger charge is -2.30. The van der Waals surface area contributed by atoms with E-state index >= 15 is 0 Å². The molecule has 0 aliphatic carbocycles. The number of aromatic nitrogens is 2. The summed E-state index contributed by atoms with van der Waals surface area (Å²) in [5.41, 5.74) is 1.45. The summed E-state index contributed by atoms with van der Waals surface area (Å²) in [6, 6.07) is 3.67. The van der Waals surface area contributed by atoms with Gasteiger partial charge in [-0.2, -0.15) is 0 Å². The molecule has 1 N–H and O–H groups in total. The maximum atomic E-state index is 12.1. The van der Waals surface area contributed by atoms with Gasteiger partial charge in [0, 0.05) is 19.2 Å². The lowest BCUT2D eigenvalue weighted by Crippen LogP contribution is -2.36. The number of fused-ring (bicyclic) bond motifs is 1. The Morgan fingerprint density at radius 1 is 1.35 bits per heavy atom. The van der Waals surface area contributed by atoms with Crippen LogP contribution in [0.3, 0.4) is 0 Å². The van der Waals surface area contributed by atoms with Gasteiger partial charge in [0.1, 0.15) is 11.6 Å². The number of benzene rings is 1. The van der Waals surface area contributed by atoms with Gasteiger partial charge in [0.25, 0.3) is 5.56 Å². The van der Waals surface area contributed by atoms with E-state index in [0.717, 1.165) is 24.5 Å². The summed E-state index contributed by atoms with van der Waals surface area (Å²) in [6.45, 7) is 4.72. The van der Waals surface area contributed by atoms with Crippen LogP contribution in [-0.4, -0.2) is 43.4 Å². The van der Waals surface area contributed by atoms with Gasteiger partial charge in [-0.1, -0.05) is 0 Å². The molecular weight excluding hydrogens is 258 g/mol. The fourth-order valence-electron chi connectivity index (χ4n) is 2.49. The first kappa shape index (κ1) is 12.9. The van der Waals surface area contributed by atoms with E-state index in [1.807, 2.05) is 12.1 Å². The summed E-state index contributed by atoms with van der Waals surface area (Å²) in [5, 5.41) is 0.581. The van der Waals surface area contributed by atoms with Crippen molar-refractivity contribution in [1.29, 1.82) is 0 Å². The number of hydrogen-bond donors (Lipinski definition) is 1. The average Bonchev–Trinajstić information content (AvgIpc) is 2.46. The van der Waals surface area contributed by atoms with Gasteiger partial charge in [0.15, 0.2) is 0 Å². The van der Waals surface area contributed by atoms with E-state index in [4.69, 9.17) is 9.47 Å². The third kappa shape index (κ3) is 2.22. The molecule has 3 rings (SSSR count). The summed E-state index contributed by atoms with van der Waals surface area (Å²) in [5.74, 6) is 1.33. The van der Waals surface area contributed by atoms with Gasteiger partial charge in [-0.25, -0.2) is 4.98 Å². The van der Waals surface area contributed by atoms with E-state index in [1.54, 1.807) is 14.0 Å². The molecule has 1 saturated heterocycles. The molecule has 0 atom stereocenters. The first-order chi connectivity index (χ1) is 9.69. The van der Waals surface area contributed by atoms with E-state index in [2.05, 4.69) is 14.9 Å². The molecule has 2 aromatic rings. The zero-order valence-electron chi connectivity index (χ0n) is 11.6. The molecular formula is C14H17N3O3. The van der Waals surface area contributed by atoms with Gasteiger partial charge in [-0.15, -0.1) is 0 Å². The Morgan fingerprint density at radius 3 is 2.80 bits per heavy atom. The molecule has 1 fully saturated rings. The maximum absolute atomic E-state index is 12.1. The number of rotatable bonds is 2. The highest BCUT2D eigenvalue weighted by Gasteiger charge is 2.17. The van der Waals surface area contributed by atoms with Crippen LogP contribution >= 0.6 is 0 Å². The quantitative estimate of drug-likeness (QED) is 0.888. The lowest BCUT2D eigenvalue weighted by atomic mass is 10.1. The topological polar surface area (TPSA) is 67.5 Å². The van der Waals surface area contributed by atoms with Crippen molar-refractivity contribution in [2.24, 2.45) is 0 Å². The molecule has 0 amide bonds. The highest BCUT2D eigenvalue weighted by atomic mass is 16.5. The Labute approximate surface area is 116 Å². The molecule has 0 bridgehead atoms. The summed E-state index contributed by atoms with van der Waals surface area (Å²) in [6.07, 6.45) is 0. The fourth-order valence-corrected chi connectivity index (χ4v) is 2.49. The summed E-state index contributed by atoms with van der Waals surface area (Å²) in [4.78, 5) is 21.3. The van der Waals surface area contributed by atoms with E-state index in [-0.39, 0.29) is 5.56 Å². The molecule has 1 aromatic carbocycles. The second-order valence-corrected chi connectivity index (χ2v) is 4.79. The Hall–Kier alpha value is -2.08.